The molecular formula is C19H12BrF4NO2. The Hall–Kier alpha value is -2.61. The van der Waals surface area contributed by atoms with E-state index in [1.165, 1.54) is 18.3 Å². The molecule has 1 heterocycles. The predicted molar refractivity (Wildman–Crippen MR) is 94.6 cm³/mol. The Bertz CT molecular complexity index is 1050. The quantitative estimate of drug-likeness (QED) is 0.574. The van der Waals surface area contributed by atoms with Crippen LogP contribution in [0, 0.1) is 23.3 Å². The van der Waals surface area contributed by atoms with Crippen molar-refractivity contribution < 1.29 is 22.3 Å². The van der Waals surface area contributed by atoms with Crippen LogP contribution in [-0.4, -0.2) is 4.98 Å². The average molecular weight is 442 g/mol. The van der Waals surface area contributed by atoms with Crippen molar-refractivity contribution in [3.05, 3.63) is 97.4 Å². The zero-order chi connectivity index (χ0) is 19.6. The van der Waals surface area contributed by atoms with E-state index in [4.69, 9.17) is 4.74 Å². The summed E-state index contributed by atoms with van der Waals surface area (Å²) in [6.45, 7) is -0.271. The number of aromatic nitrogens is 1. The van der Waals surface area contributed by atoms with E-state index in [9.17, 15) is 22.4 Å². The van der Waals surface area contributed by atoms with Crippen molar-refractivity contribution in [3.63, 3.8) is 0 Å². The molecule has 0 aliphatic heterocycles. The minimum Gasteiger partial charge on any atom is -0.487 e. The van der Waals surface area contributed by atoms with Crippen LogP contribution in [0.1, 0.15) is 16.7 Å². The maximum absolute atomic E-state index is 13.9. The van der Waals surface area contributed by atoms with Crippen LogP contribution in [0.15, 0.2) is 51.9 Å². The van der Waals surface area contributed by atoms with Gasteiger partial charge in [-0.3, -0.25) is 4.79 Å². The summed E-state index contributed by atoms with van der Waals surface area (Å²) in [5.41, 5.74) is 0.179. The van der Waals surface area contributed by atoms with Crippen molar-refractivity contribution in [1.29, 1.82) is 0 Å². The van der Waals surface area contributed by atoms with Gasteiger partial charge in [0.1, 0.15) is 40.1 Å². The first-order valence-corrected chi connectivity index (χ1v) is 8.55. The number of hydrogen-bond donors (Lipinski definition) is 1. The van der Waals surface area contributed by atoms with Crippen LogP contribution in [0.4, 0.5) is 17.6 Å². The molecule has 0 amide bonds. The molecule has 0 fully saturated rings. The Kier molecular flexibility index (Phi) is 5.65. The molecule has 1 aromatic heterocycles. The highest BCUT2D eigenvalue weighted by molar-refractivity contribution is 9.10. The van der Waals surface area contributed by atoms with Crippen LogP contribution in [-0.2, 0) is 13.0 Å². The maximum Gasteiger partial charge on any atom is 0.266 e. The zero-order valence-electron chi connectivity index (χ0n) is 13.7. The number of nitrogens with one attached hydrogen (secondary N) is 1. The number of aromatic amines is 1. The summed E-state index contributed by atoms with van der Waals surface area (Å²) in [7, 11) is 0. The topological polar surface area (TPSA) is 42.1 Å². The molecule has 3 aromatic rings. The number of benzene rings is 2. The first kappa shape index (κ1) is 19.2. The molecule has 3 rings (SSSR count). The van der Waals surface area contributed by atoms with Gasteiger partial charge in [0.15, 0.2) is 0 Å². The van der Waals surface area contributed by atoms with Gasteiger partial charge < -0.3 is 9.72 Å². The van der Waals surface area contributed by atoms with E-state index < -0.39 is 28.8 Å². The fourth-order valence-corrected chi connectivity index (χ4v) is 2.96. The van der Waals surface area contributed by atoms with Crippen molar-refractivity contribution in [2.75, 3.05) is 0 Å². The molecule has 0 aliphatic carbocycles. The summed E-state index contributed by atoms with van der Waals surface area (Å²) in [5, 5.41) is 0. The molecule has 8 heteroatoms. The second kappa shape index (κ2) is 7.96. The predicted octanol–water partition coefficient (Wildman–Crippen LogP) is 4.86. The van der Waals surface area contributed by atoms with Crippen LogP contribution in [0.5, 0.6) is 5.75 Å². The Labute approximate surface area is 159 Å². The van der Waals surface area contributed by atoms with Gasteiger partial charge >= 0.3 is 0 Å². The number of hydrogen-bond acceptors (Lipinski definition) is 2. The van der Waals surface area contributed by atoms with Crippen LogP contribution < -0.4 is 10.3 Å². The first-order chi connectivity index (χ1) is 12.8. The summed E-state index contributed by atoms with van der Waals surface area (Å²) >= 11 is 3.10. The van der Waals surface area contributed by atoms with E-state index in [0.717, 1.165) is 24.3 Å². The molecule has 0 spiro atoms. The number of rotatable bonds is 5. The average Bonchev–Trinajstić information content (AvgIpc) is 2.61. The minimum absolute atomic E-state index is 0.00271. The van der Waals surface area contributed by atoms with Crippen molar-refractivity contribution in [2.24, 2.45) is 0 Å². The second-order valence-corrected chi connectivity index (χ2v) is 6.52. The molecule has 1 N–H and O–H groups in total. The van der Waals surface area contributed by atoms with Gasteiger partial charge in [-0.25, -0.2) is 17.6 Å². The SMILES string of the molecule is O=c1[nH]cc(Cc2ccc(F)cc2F)c(OCc2ccc(F)cc2F)c1Br. The van der Waals surface area contributed by atoms with E-state index in [0.29, 0.717) is 5.56 Å². The lowest BCUT2D eigenvalue weighted by Gasteiger charge is -2.14. The van der Waals surface area contributed by atoms with Crippen molar-refractivity contribution in [1.82, 2.24) is 4.98 Å². The van der Waals surface area contributed by atoms with E-state index in [1.54, 1.807) is 0 Å². The van der Waals surface area contributed by atoms with Crippen molar-refractivity contribution in [2.45, 2.75) is 13.0 Å². The molecule has 0 aliphatic rings. The first-order valence-electron chi connectivity index (χ1n) is 7.76. The van der Waals surface area contributed by atoms with Gasteiger partial charge in [0.2, 0.25) is 0 Å². The molecule has 0 saturated heterocycles. The molecule has 0 radical (unpaired) electrons. The smallest absolute Gasteiger partial charge is 0.266 e. The van der Waals surface area contributed by atoms with Crippen molar-refractivity contribution in [3.8, 4) is 5.75 Å². The summed E-state index contributed by atoms with van der Waals surface area (Å²) in [4.78, 5) is 14.3. The van der Waals surface area contributed by atoms with Crippen LogP contribution >= 0.6 is 15.9 Å². The number of H-pyrrole nitrogens is 1. The Morgan fingerprint density at radius 2 is 1.48 bits per heavy atom. The van der Waals surface area contributed by atoms with Crippen molar-refractivity contribution >= 4 is 15.9 Å². The molecule has 0 atom stereocenters. The Balaban J connectivity index is 1.91. The fraction of sp³-hybridized carbons (Fsp3) is 0.105. The molecular weight excluding hydrogens is 430 g/mol. The number of halogens is 5. The van der Waals surface area contributed by atoms with Gasteiger partial charge in [0, 0.05) is 35.9 Å². The highest BCUT2D eigenvalue weighted by atomic mass is 79.9. The van der Waals surface area contributed by atoms with Crippen LogP contribution in [0.3, 0.4) is 0 Å². The molecule has 0 unspecified atom stereocenters. The zero-order valence-corrected chi connectivity index (χ0v) is 15.2. The molecule has 2 aromatic carbocycles. The van der Waals surface area contributed by atoms with Gasteiger partial charge in [0.05, 0.1) is 0 Å². The minimum atomic E-state index is -0.790. The Morgan fingerprint density at radius 3 is 2.07 bits per heavy atom. The Morgan fingerprint density at radius 1 is 0.889 bits per heavy atom. The standard InChI is InChI=1S/C19H12BrF4NO2/c20-17-18(27-9-11-2-4-14(22)7-16(11)24)12(8-25-19(17)26)5-10-1-3-13(21)6-15(10)23/h1-4,6-8H,5,9H2,(H,25,26). The summed E-state index contributed by atoms with van der Waals surface area (Å²) in [6.07, 6.45) is 1.34. The highest BCUT2D eigenvalue weighted by Gasteiger charge is 2.16. The van der Waals surface area contributed by atoms with Crippen LogP contribution in [0.2, 0.25) is 0 Å². The molecule has 3 nitrogen and oxygen atoms in total. The van der Waals surface area contributed by atoms with Crippen LogP contribution in [0.25, 0.3) is 0 Å². The fourth-order valence-electron chi connectivity index (χ4n) is 2.47. The highest BCUT2D eigenvalue weighted by Crippen LogP contribution is 2.29. The van der Waals surface area contributed by atoms with E-state index in [1.807, 2.05) is 0 Å². The normalized spacial score (nSPS) is 10.9. The number of pyridine rings is 1. The molecule has 0 bridgehead atoms. The van der Waals surface area contributed by atoms with Gasteiger partial charge in [-0.2, -0.15) is 0 Å². The monoisotopic (exact) mass is 441 g/mol. The van der Waals surface area contributed by atoms with Gasteiger partial charge in [-0.1, -0.05) is 6.07 Å². The third-order valence-corrected chi connectivity index (χ3v) is 4.57. The lowest BCUT2D eigenvalue weighted by atomic mass is 10.1. The molecule has 0 saturated carbocycles. The van der Waals surface area contributed by atoms with Gasteiger partial charge in [0.25, 0.3) is 5.56 Å². The lowest BCUT2D eigenvalue weighted by Crippen LogP contribution is -2.12. The third-order valence-electron chi connectivity index (χ3n) is 3.85. The summed E-state index contributed by atoms with van der Waals surface area (Å²) in [5.74, 6) is -2.87. The van der Waals surface area contributed by atoms with E-state index in [-0.39, 0.29) is 34.4 Å². The molecule has 140 valence electrons. The van der Waals surface area contributed by atoms with Gasteiger partial charge in [-0.15, -0.1) is 0 Å². The van der Waals surface area contributed by atoms with E-state index in [2.05, 4.69) is 20.9 Å². The third kappa shape index (κ3) is 4.39. The summed E-state index contributed by atoms with van der Waals surface area (Å²) in [6, 6.07) is 6.19. The summed E-state index contributed by atoms with van der Waals surface area (Å²) < 4.78 is 59.4. The van der Waals surface area contributed by atoms with Gasteiger partial charge in [-0.05, 0) is 39.7 Å². The largest absolute Gasteiger partial charge is 0.487 e. The molecule has 27 heavy (non-hydrogen) atoms. The second-order valence-electron chi connectivity index (χ2n) is 5.72. The lowest BCUT2D eigenvalue weighted by molar-refractivity contribution is 0.294. The maximum atomic E-state index is 13.9. The number of ether oxygens (including phenoxy) is 1. The van der Waals surface area contributed by atoms with E-state index >= 15 is 0 Å².